The van der Waals surface area contributed by atoms with Crippen molar-refractivity contribution in [3.8, 4) is 6.07 Å². The maximum Gasteiger partial charge on any atom is 0.159 e. The summed E-state index contributed by atoms with van der Waals surface area (Å²) in [6.45, 7) is 1.65. The number of nitrogens with zero attached hydrogens (tertiary/aromatic N) is 1. The molecule has 2 N–H and O–H groups in total. The van der Waals surface area contributed by atoms with Gasteiger partial charge < -0.3 is 14.8 Å². The zero-order valence-electron chi connectivity index (χ0n) is 11.0. The second kappa shape index (κ2) is 6.04. The third-order valence-electron chi connectivity index (χ3n) is 2.90. The van der Waals surface area contributed by atoms with Crippen LogP contribution in [-0.4, -0.2) is 17.4 Å². The number of hydrogen-bond acceptors (Lipinski definition) is 5. The van der Waals surface area contributed by atoms with Gasteiger partial charge in [-0.2, -0.15) is 5.26 Å². The number of rotatable bonds is 5. The van der Waals surface area contributed by atoms with Crippen LogP contribution in [0.3, 0.4) is 0 Å². The first-order valence-corrected chi connectivity index (χ1v) is 6.12. The first-order valence-electron chi connectivity index (χ1n) is 6.12. The zero-order valence-corrected chi connectivity index (χ0v) is 11.0. The van der Waals surface area contributed by atoms with Crippen LogP contribution in [0.25, 0.3) is 0 Å². The number of carbonyl (C=O) groups excluding carboxylic acids is 1. The standard InChI is InChI=1S/C15H14N2O3/c1-10(18)11-4-5-12(8-16)13(7-11)17-9-14(19)15-3-2-6-20-15/h2-7,14,17,19H,9H2,1H3. The average molecular weight is 270 g/mol. The number of anilines is 1. The molecule has 0 radical (unpaired) electrons. The lowest BCUT2D eigenvalue weighted by Gasteiger charge is -2.12. The zero-order chi connectivity index (χ0) is 14.5. The quantitative estimate of drug-likeness (QED) is 0.815. The van der Waals surface area contributed by atoms with Crippen LogP contribution in [0.5, 0.6) is 0 Å². The Morgan fingerprint density at radius 3 is 2.90 bits per heavy atom. The molecule has 102 valence electrons. The fourth-order valence-corrected chi connectivity index (χ4v) is 1.80. The highest BCUT2D eigenvalue weighted by molar-refractivity contribution is 5.95. The van der Waals surface area contributed by atoms with E-state index in [4.69, 9.17) is 9.68 Å². The molecule has 0 spiro atoms. The normalized spacial score (nSPS) is 11.7. The first-order chi connectivity index (χ1) is 9.61. The number of furan rings is 1. The smallest absolute Gasteiger partial charge is 0.159 e. The van der Waals surface area contributed by atoms with Gasteiger partial charge in [-0.1, -0.05) is 0 Å². The molecule has 1 atom stereocenters. The third-order valence-corrected chi connectivity index (χ3v) is 2.90. The Balaban J connectivity index is 2.14. The fraction of sp³-hybridized carbons (Fsp3) is 0.200. The van der Waals surface area contributed by atoms with E-state index in [0.29, 0.717) is 22.6 Å². The molecule has 0 aliphatic rings. The Hall–Kier alpha value is -2.58. The summed E-state index contributed by atoms with van der Waals surface area (Å²) < 4.78 is 5.09. The van der Waals surface area contributed by atoms with Crippen molar-refractivity contribution in [1.29, 1.82) is 5.26 Å². The number of ketones is 1. The van der Waals surface area contributed by atoms with Gasteiger partial charge in [0.2, 0.25) is 0 Å². The van der Waals surface area contributed by atoms with E-state index in [1.165, 1.54) is 13.2 Å². The number of nitrogens with one attached hydrogen (secondary N) is 1. The molecule has 5 nitrogen and oxygen atoms in total. The molecule has 1 aromatic heterocycles. The van der Waals surface area contributed by atoms with E-state index in [-0.39, 0.29) is 12.3 Å². The highest BCUT2D eigenvalue weighted by Crippen LogP contribution is 2.20. The molecule has 0 amide bonds. The molecule has 0 aliphatic heterocycles. The summed E-state index contributed by atoms with van der Waals surface area (Å²) in [5, 5.41) is 21.9. The molecule has 2 aromatic rings. The summed E-state index contributed by atoms with van der Waals surface area (Å²) in [4.78, 5) is 11.3. The lowest BCUT2D eigenvalue weighted by molar-refractivity contribution is 0.101. The van der Waals surface area contributed by atoms with Crippen molar-refractivity contribution < 1.29 is 14.3 Å². The van der Waals surface area contributed by atoms with Crippen molar-refractivity contribution in [2.45, 2.75) is 13.0 Å². The molecule has 1 heterocycles. The Morgan fingerprint density at radius 2 is 2.30 bits per heavy atom. The highest BCUT2D eigenvalue weighted by Gasteiger charge is 2.12. The van der Waals surface area contributed by atoms with Gasteiger partial charge in [-0.3, -0.25) is 4.79 Å². The van der Waals surface area contributed by atoms with E-state index in [1.54, 1.807) is 30.3 Å². The molecule has 2 rings (SSSR count). The van der Waals surface area contributed by atoms with E-state index in [1.807, 2.05) is 6.07 Å². The molecule has 1 unspecified atom stereocenters. The second-order valence-corrected chi connectivity index (χ2v) is 4.34. The molecule has 1 aromatic carbocycles. The van der Waals surface area contributed by atoms with E-state index < -0.39 is 6.10 Å². The number of aliphatic hydroxyl groups is 1. The van der Waals surface area contributed by atoms with Crippen LogP contribution in [0.1, 0.15) is 34.7 Å². The van der Waals surface area contributed by atoms with Crippen LogP contribution in [-0.2, 0) is 0 Å². The van der Waals surface area contributed by atoms with Gasteiger partial charge in [0.15, 0.2) is 5.78 Å². The van der Waals surface area contributed by atoms with Gasteiger partial charge in [0.05, 0.1) is 17.5 Å². The fourth-order valence-electron chi connectivity index (χ4n) is 1.80. The van der Waals surface area contributed by atoms with Crippen molar-refractivity contribution in [2.24, 2.45) is 0 Å². The number of carbonyl (C=O) groups is 1. The monoisotopic (exact) mass is 270 g/mol. The lowest BCUT2D eigenvalue weighted by Crippen LogP contribution is -2.12. The summed E-state index contributed by atoms with van der Waals surface area (Å²) in [6, 6.07) is 10.2. The number of nitriles is 1. The van der Waals surface area contributed by atoms with Crippen LogP contribution < -0.4 is 5.32 Å². The molecule has 20 heavy (non-hydrogen) atoms. The Morgan fingerprint density at radius 1 is 1.50 bits per heavy atom. The number of benzene rings is 1. The van der Waals surface area contributed by atoms with E-state index >= 15 is 0 Å². The van der Waals surface area contributed by atoms with Crippen LogP contribution in [0.2, 0.25) is 0 Å². The largest absolute Gasteiger partial charge is 0.467 e. The van der Waals surface area contributed by atoms with Crippen LogP contribution in [0.15, 0.2) is 41.0 Å². The van der Waals surface area contributed by atoms with Gasteiger partial charge in [0, 0.05) is 12.1 Å². The van der Waals surface area contributed by atoms with Crippen molar-refractivity contribution in [1.82, 2.24) is 0 Å². The van der Waals surface area contributed by atoms with Crippen molar-refractivity contribution >= 4 is 11.5 Å². The average Bonchev–Trinajstić information content (AvgIpc) is 2.98. The molecular formula is C15H14N2O3. The van der Waals surface area contributed by atoms with E-state index in [2.05, 4.69) is 5.32 Å². The summed E-state index contributed by atoms with van der Waals surface area (Å²) in [6.07, 6.45) is 0.660. The number of Topliss-reactive ketones (excluding diaryl/α,β-unsaturated/α-hetero) is 1. The molecule has 0 fully saturated rings. The second-order valence-electron chi connectivity index (χ2n) is 4.34. The topological polar surface area (TPSA) is 86.3 Å². The first kappa shape index (κ1) is 13.8. The van der Waals surface area contributed by atoms with Gasteiger partial charge in [0.1, 0.15) is 17.9 Å². The Bertz CT molecular complexity index is 642. The molecule has 0 aliphatic carbocycles. The molecule has 0 saturated heterocycles. The number of hydrogen-bond donors (Lipinski definition) is 2. The summed E-state index contributed by atoms with van der Waals surface area (Å²) in [5.74, 6) is 0.364. The van der Waals surface area contributed by atoms with Gasteiger partial charge in [0.25, 0.3) is 0 Å². The van der Waals surface area contributed by atoms with Crippen molar-refractivity contribution in [3.05, 3.63) is 53.5 Å². The lowest BCUT2D eigenvalue weighted by atomic mass is 10.1. The van der Waals surface area contributed by atoms with E-state index in [0.717, 1.165) is 0 Å². The van der Waals surface area contributed by atoms with Crippen LogP contribution in [0.4, 0.5) is 5.69 Å². The Kier molecular flexibility index (Phi) is 4.18. The maximum absolute atomic E-state index is 11.3. The van der Waals surface area contributed by atoms with Crippen molar-refractivity contribution in [2.75, 3.05) is 11.9 Å². The predicted octanol–water partition coefficient (Wildman–Crippen LogP) is 2.50. The SMILES string of the molecule is CC(=O)c1ccc(C#N)c(NCC(O)c2ccco2)c1. The minimum atomic E-state index is -0.822. The molecular weight excluding hydrogens is 256 g/mol. The molecule has 0 bridgehead atoms. The van der Waals surface area contributed by atoms with Gasteiger partial charge >= 0.3 is 0 Å². The Labute approximate surface area is 116 Å². The minimum absolute atomic E-state index is 0.0795. The van der Waals surface area contributed by atoms with Gasteiger partial charge in [-0.15, -0.1) is 0 Å². The van der Waals surface area contributed by atoms with Crippen LogP contribution in [0, 0.1) is 11.3 Å². The number of aliphatic hydroxyl groups excluding tert-OH is 1. The van der Waals surface area contributed by atoms with Gasteiger partial charge in [-0.05, 0) is 37.3 Å². The van der Waals surface area contributed by atoms with Crippen molar-refractivity contribution in [3.63, 3.8) is 0 Å². The third kappa shape index (κ3) is 3.05. The van der Waals surface area contributed by atoms with Crippen LogP contribution >= 0.6 is 0 Å². The van der Waals surface area contributed by atoms with Gasteiger partial charge in [-0.25, -0.2) is 0 Å². The summed E-state index contributed by atoms with van der Waals surface area (Å²) in [7, 11) is 0. The highest BCUT2D eigenvalue weighted by atomic mass is 16.4. The molecule has 0 saturated carbocycles. The predicted molar refractivity (Wildman–Crippen MR) is 73.3 cm³/mol. The minimum Gasteiger partial charge on any atom is -0.467 e. The summed E-state index contributed by atoms with van der Waals surface area (Å²) >= 11 is 0. The van der Waals surface area contributed by atoms with E-state index in [9.17, 15) is 9.90 Å². The summed E-state index contributed by atoms with van der Waals surface area (Å²) in [5.41, 5.74) is 1.45. The molecule has 5 heteroatoms. The maximum atomic E-state index is 11.3.